The topological polar surface area (TPSA) is 79.3 Å². The molecule has 0 saturated heterocycles. The number of aromatic nitrogens is 3. The van der Waals surface area contributed by atoms with Gasteiger partial charge in [0.1, 0.15) is 5.56 Å². The van der Waals surface area contributed by atoms with Crippen LogP contribution in [-0.2, 0) is 0 Å². The third-order valence-corrected chi connectivity index (χ3v) is 3.59. The number of hydrogen-bond acceptors (Lipinski definition) is 3. The van der Waals surface area contributed by atoms with E-state index < -0.39 is 0 Å². The van der Waals surface area contributed by atoms with Crippen molar-refractivity contribution in [1.82, 2.24) is 19.9 Å². The van der Waals surface area contributed by atoms with Gasteiger partial charge in [0.15, 0.2) is 5.65 Å². The number of carbonyl (C=O) groups excluding carboxylic acids is 1. The minimum Gasteiger partial charge on any atom is -0.351 e. The van der Waals surface area contributed by atoms with Crippen LogP contribution in [0.3, 0.4) is 0 Å². The number of hydrogen-bond donors (Lipinski definition) is 2. The number of nitrogens with zero attached hydrogens (tertiary/aromatic N) is 2. The second-order valence-corrected chi connectivity index (χ2v) is 6.94. The van der Waals surface area contributed by atoms with Crippen molar-refractivity contribution in [3.63, 3.8) is 0 Å². The van der Waals surface area contributed by atoms with Crippen LogP contribution in [0.2, 0.25) is 0 Å². The smallest absolute Gasteiger partial charge is 0.273 e. The molecule has 1 aromatic carbocycles. The number of fused-ring (bicyclic) bond motifs is 1. The first-order chi connectivity index (χ1) is 11.3. The van der Waals surface area contributed by atoms with Crippen LogP contribution in [0.4, 0.5) is 0 Å². The van der Waals surface area contributed by atoms with Gasteiger partial charge in [0.25, 0.3) is 11.5 Å². The summed E-state index contributed by atoms with van der Waals surface area (Å²) in [6.07, 6.45) is 1.51. The summed E-state index contributed by atoms with van der Waals surface area (Å²) in [5, 5.41) is 5.68. The van der Waals surface area contributed by atoms with Crippen molar-refractivity contribution in [3.05, 3.63) is 58.5 Å². The molecule has 3 aromatic rings. The summed E-state index contributed by atoms with van der Waals surface area (Å²) in [6.45, 7) is 6.65. The molecule has 2 heterocycles. The van der Waals surface area contributed by atoms with E-state index in [1.165, 1.54) is 16.8 Å². The van der Waals surface area contributed by atoms with Crippen molar-refractivity contribution >= 4 is 11.6 Å². The van der Waals surface area contributed by atoms with E-state index in [1.807, 2.05) is 51.1 Å². The summed E-state index contributed by atoms with van der Waals surface area (Å²) in [4.78, 5) is 29.2. The van der Waals surface area contributed by atoms with E-state index in [1.54, 1.807) is 0 Å². The highest BCUT2D eigenvalue weighted by Gasteiger charge is 2.18. The molecule has 0 bridgehead atoms. The van der Waals surface area contributed by atoms with Gasteiger partial charge in [-0.15, -0.1) is 0 Å². The number of nitrogens with one attached hydrogen (secondary N) is 2. The number of aromatic amines is 1. The maximum Gasteiger partial charge on any atom is 0.273 e. The van der Waals surface area contributed by atoms with Crippen molar-refractivity contribution in [2.45, 2.75) is 20.8 Å². The van der Waals surface area contributed by atoms with E-state index in [0.717, 1.165) is 5.56 Å². The normalized spacial score (nSPS) is 11.6. The van der Waals surface area contributed by atoms with Crippen LogP contribution < -0.4 is 10.9 Å². The van der Waals surface area contributed by atoms with Crippen LogP contribution >= 0.6 is 0 Å². The maximum atomic E-state index is 12.4. The van der Waals surface area contributed by atoms with Crippen LogP contribution in [0.15, 0.2) is 47.4 Å². The maximum absolute atomic E-state index is 12.4. The van der Waals surface area contributed by atoms with Crippen LogP contribution in [0.5, 0.6) is 0 Å². The van der Waals surface area contributed by atoms with Crippen LogP contribution in [0, 0.1) is 5.41 Å². The lowest BCUT2D eigenvalue weighted by atomic mass is 9.97. The zero-order valence-corrected chi connectivity index (χ0v) is 14.0. The molecule has 0 unspecified atom stereocenters. The highest BCUT2D eigenvalue weighted by atomic mass is 16.2. The SMILES string of the molecule is CC(C)(C)CNC(=O)c1c[nH]n2c(=O)cc(-c3ccccc3)nc12. The minimum absolute atomic E-state index is 0.0266. The number of rotatable bonds is 3. The van der Waals surface area contributed by atoms with E-state index in [9.17, 15) is 9.59 Å². The zero-order chi connectivity index (χ0) is 17.3. The summed E-state index contributed by atoms with van der Waals surface area (Å²) >= 11 is 0. The van der Waals surface area contributed by atoms with Gasteiger partial charge in [-0.05, 0) is 5.41 Å². The molecule has 0 aliphatic carbocycles. The second-order valence-electron chi connectivity index (χ2n) is 6.94. The standard InChI is InChI=1S/C18H20N4O2/c1-18(2,3)11-19-17(24)13-10-20-22-15(23)9-14(21-16(13)22)12-7-5-4-6-8-12/h4-10,20H,11H2,1-3H3,(H,19,24). The Morgan fingerprint density at radius 1 is 1.25 bits per heavy atom. The van der Waals surface area contributed by atoms with Gasteiger partial charge in [0, 0.05) is 24.4 Å². The fourth-order valence-corrected chi connectivity index (χ4v) is 2.35. The quantitative estimate of drug-likeness (QED) is 0.777. The lowest BCUT2D eigenvalue weighted by molar-refractivity contribution is 0.0941. The van der Waals surface area contributed by atoms with Gasteiger partial charge in [-0.1, -0.05) is 51.1 Å². The number of benzene rings is 1. The molecule has 24 heavy (non-hydrogen) atoms. The van der Waals surface area contributed by atoms with Crippen LogP contribution in [0.1, 0.15) is 31.1 Å². The van der Waals surface area contributed by atoms with Crippen molar-refractivity contribution in [2.75, 3.05) is 6.54 Å². The molecule has 3 rings (SSSR count). The molecule has 0 fully saturated rings. The molecule has 0 radical (unpaired) electrons. The lowest BCUT2D eigenvalue weighted by Gasteiger charge is -2.18. The zero-order valence-electron chi connectivity index (χ0n) is 14.0. The number of carbonyl (C=O) groups is 1. The van der Waals surface area contributed by atoms with E-state index in [0.29, 0.717) is 23.4 Å². The van der Waals surface area contributed by atoms with Gasteiger partial charge in [0.05, 0.1) is 5.69 Å². The molecule has 0 saturated carbocycles. The minimum atomic E-state index is -0.256. The van der Waals surface area contributed by atoms with Gasteiger partial charge in [0.2, 0.25) is 0 Å². The summed E-state index contributed by atoms with van der Waals surface area (Å²) in [5.74, 6) is -0.249. The molecule has 0 atom stereocenters. The van der Waals surface area contributed by atoms with Crippen molar-refractivity contribution in [3.8, 4) is 11.3 Å². The van der Waals surface area contributed by atoms with Crippen LogP contribution in [-0.4, -0.2) is 27.0 Å². The van der Waals surface area contributed by atoms with Gasteiger partial charge < -0.3 is 5.32 Å². The molecule has 6 heteroatoms. The lowest BCUT2D eigenvalue weighted by Crippen LogP contribution is -2.32. The average molecular weight is 324 g/mol. The van der Waals surface area contributed by atoms with E-state index in [4.69, 9.17) is 0 Å². The van der Waals surface area contributed by atoms with E-state index >= 15 is 0 Å². The number of amides is 1. The average Bonchev–Trinajstić information content (AvgIpc) is 2.97. The third-order valence-electron chi connectivity index (χ3n) is 3.59. The first-order valence-corrected chi connectivity index (χ1v) is 7.80. The molecule has 6 nitrogen and oxygen atoms in total. The van der Waals surface area contributed by atoms with Crippen molar-refractivity contribution in [2.24, 2.45) is 5.41 Å². The fourth-order valence-electron chi connectivity index (χ4n) is 2.35. The van der Waals surface area contributed by atoms with Gasteiger partial charge >= 0.3 is 0 Å². The third kappa shape index (κ3) is 3.22. The first kappa shape index (κ1) is 16.0. The van der Waals surface area contributed by atoms with Crippen LogP contribution in [0.25, 0.3) is 16.9 Å². The summed E-state index contributed by atoms with van der Waals surface area (Å²) in [6, 6.07) is 10.9. The molecule has 0 aliphatic rings. The van der Waals surface area contributed by atoms with Gasteiger partial charge in [-0.3, -0.25) is 14.7 Å². The van der Waals surface area contributed by atoms with Crippen molar-refractivity contribution < 1.29 is 4.79 Å². The predicted molar refractivity (Wildman–Crippen MR) is 93.0 cm³/mol. The fraction of sp³-hybridized carbons (Fsp3) is 0.278. The highest BCUT2D eigenvalue weighted by Crippen LogP contribution is 2.17. The molecule has 0 aliphatic heterocycles. The Balaban J connectivity index is 2.03. The largest absolute Gasteiger partial charge is 0.351 e. The van der Waals surface area contributed by atoms with E-state index in [2.05, 4.69) is 15.4 Å². The highest BCUT2D eigenvalue weighted by molar-refractivity contribution is 5.99. The Bertz CT molecular complexity index is 933. The molecule has 2 aromatic heterocycles. The molecule has 0 spiro atoms. The summed E-state index contributed by atoms with van der Waals surface area (Å²) in [7, 11) is 0. The Kier molecular flexibility index (Phi) is 3.97. The monoisotopic (exact) mass is 324 g/mol. The summed E-state index contributed by atoms with van der Waals surface area (Å²) in [5.41, 5.74) is 1.78. The number of H-pyrrole nitrogens is 1. The Morgan fingerprint density at radius 3 is 2.62 bits per heavy atom. The Labute approximate surface area is 139 Å². The molecule has 124 valence electrons. The van der Waals surface area contributed by atoms with Gasteiger partial charge in [-0.25, -0.2) is 9.50 Å². The summed E-state index contributed by atoms with van der Waals surface area (Å²) < 4.78 is 1.28. The molecule has 2 N–H and O–H groups in total. The second kappa shape index (κ2) is 5.96. The predicted octanol–water partition coefficient (Wildman–Crippen LogP) is 2.47. The first-order valence-electron chi connectivity index (χ1n) is 7.80. The molecule has 1 amide bonds. The Hall–Kier alpha value is -2.89. The van der Waals surface area contributed by atoms with Crippen molar-refractivity contribution in [1.29, 1.82) is 0 Å². The van der Waals surface area contributed by atoms with Gasteiger partial charge in [-0.2, -0.15) is 0 Å². The molecular weight excluding hydrogens is 304 g/mol. The molecular formula is C18H20N4O2. The Morgan fingerprint density at radius 2 is 1.96 bits per heavy atom. The van der Waals surface area contributed by atoms with E-state index in [-0.39, 0.29) is 16.9 Å².